The maximum atomic E-state index is 5.61. The van der Waals surface area contributed by atoms with Gasteiger partial charge in [-0.25, -0.2) is 4.68 Å². The molecule has 2 heterocycles. The lowest BCUT2D eigenvalue weighted by atomic mass is 10.0. The lowest BCUT2D eigenvalue weighted by Gasteiger charge is -2.26. The highest BCUT2D eigenvalue weighted by atomic mass is 16.5. The van der Waals surface area contributed by atoms with Crippen LogP contribution in [0.25, 0.3) is 5.70 Å². The molecule has 0 radical (unpaired) electrons. The molecule has 1 aliphatic rings. The number of nitrogens with zero attached hydrogens (tertiary/aromatic N) is 3. The van der Waals surface area contributed by atoms with E-state index in [9.17, 15) is 0 Å². The van der Waals surface area contributed by atoms with Gasteiger partial charge in [0.05, 0.1) is 28.4 Å². The molecule has 2 aromatic carbocycles. The summed E-state index contributed by atoms with van der Waals surface area (Å²) in [5.41, 5.74) is 2.77. The number of ether oxygens (including phenoxy) is 4. The van der Waals surface area contributed by atoms with Crippen LogP contribution in [-0.2, 0) is 0 Å². The molecule has 0 saturated heterocycles. The summed E-state index contributed by atoms with van der Waals surface area (Å²) < 4.78 is 23.5. The summed E-state index contributed by atoms with van der Waals surface area (Å²) in [5.74, 6) is 3.39. The third-order valence-electron chi connectivity index (χ3n) is 4.86. The first-order valence-corrected chi connectivity index (χ1v) is 9.01. The highest BCUT2D eigenvalue weighted by molar-refractivity contribution is 5.78. The van der Waals surface area contributed by atoms with Gasteiger partial charge in [-0.05, 0) is 36.4 Å². The lowest BCUT2D eigenvalue weighted by Crippen LogP contribution is -2.20. The van der Waals surface area contributed by atoms with Crippen LogP contribution in [0.3, 0.4) is 0 Å². The largest absolute Gasteiger partial charge is 0.497 e. The minimum absolute atomic E-state index is 0.210. The zero-order chi connectivity index (χ0) is 20.4. The Kier molecular flexibility index (Phi) is 4.99. The van der Waals surface area contributed by atoms with Gasteiger partial charge < -0.3 is 24.3 Å². The number of anilines is 1. The smallest absolute Gasteiger partial charge is 0.226 e. The fraction of sp³-hybridized carbons (Fsp3) is 0.238. The topological polar surface area (TPSA) is 79.7 Å². The number of methoxy groups -OCH3 is 4. The Morgan fingerprint density at radius 3 is 2.38 bits per heavy atom. The molecular weight excluding hydrogens is 372 g/mol. The van der Waals surface area contributed by atoms with Crippen molar-refractivity contribution in [3.05, 3.63) is 59.9 Å². The van der Waals surface area contributed by atoms with Crippen molar-refractivity contribution in [1.29, 1.82) is 0 Å². The van der Waals surface area contributed by atoms with Crippen LogP contribution in [0, 0.1) is 0 Å². The van der Waals surface area contributed by atoms with E-state index < -0.39 is 0 Å². The SMILES string of the molecule is COc1ccc([C@@H]2C=C(c3ccc(OC)c(OC)c3)Nc3ncnn32)c(OC)c1. The molecule has 1 N–H and O–H groups in total. The first kappa shape index (κ1) is 18.7. The van der Waals surface area contributed by atoms with Crippen LogP contribution in [0.5, 0.6) is 23.0 Å². The van der Waals surface area contributed by atoms with Crippen molar-refractivity contribution in [2.24, 2.45) is 0 Å². The van der Waals surface area contributed by atoms with E-state index in [1.165, 1.54) is 6.33 Å². The van der Waals surface area contributed by atoms with Crippen LogP contribution in [0.2, 0.25) is 0 Å². The molecule has 29 heavy (non-hydrogen) atoms. The van der Waals surface area contributed by atoms with Crippen LogP contribution in [-0.4, -0.2) is 43.2 Å². The molecule has 0 unspecified atom stereocenters. The molecule has 0 spiro atoms. The molecule has 3 aromatic rings. The number of aromatic nitrogens is 3. The molecular formula is C21H22N4O4. The maximum Gasteiger partial charge on any atom is 0.226 e. The predicted octanol–water partition coefficient (Wildman–Crippen LogP) is 3.37. The molecule has 0 bridgehead atoms. The average molecular weight is 394 g/mol. The minimum atomic E-state index is -0.210. The molecule has 1 aromatic heterocycles. The second kappa shape index (κ2) is 7.75. The molecule has 0 aliphatic carbocycles. The van der Waals surface area contributed by atoms with Gasteiger partial charge in [0.2, 0.25) is 5.95 Å². The summed E-state index contributed by atoms with van der Waals surface area (Å²) >= 11 is 0. The third kappa shape index (κ3) is 3.33. The van der Waals surface area contributed by atoms with Crippen molar-refractivity contribution >= 4 is 11.6 Å². The van der Waals surface area contributed by atoms with Gasteiger partial charge >= 0.3 is 0 Å². The van der Waals surface area contributed by atoms with Crippen LogP contribution in [0.15, 0.2) is 48.8 Å². The fourth-order valence-corrected chi connectivity index (χ4v) is 3.39. The van der Waals surface area contributed by atoms with E-state index in [1.807, 2.05) is 41.1 Å². The second-order valence-electron chi connectivity index (χ2n) is 6.36. The Morgan fingerprint density at radius 2 is 1.66 bits per heavy atom. The van der Waals surface area contributed by atoms with E-state index in [-0.39, 0.29) is 6.04 Å². The Bertz CT molecular complexity index is 1060. The van der Waals surface area contributed by atoms with E-state index in [2.05, 4.69) is 21.5 Å². The summed E-state index contributed by atoms with van der Waals surface area (Å²) in [6.07, 6.45) is 3.60. The van der Waals surface area contributed by atoms with Crippen molar-refractivity contribution in [2.45, 2.75) is 6.04 Å². The fourth-order valence-electron chi connectivity index (χ4n) is 3.39. The number of benzene rings is 2. The number of allylic oxidation sites excluding steroid dienone is 1. The van der Waals surface area contributed by atoms with Crippen LogP contribution in [0.4, 0.5) is 5.95 Å². The van der Waals surface area contributed by atoms with Gasteiger partial charge in [0.15, 0.2) is 11.5 Å². The number of fused-ring (bicyclic) bond motifs is 1. The standard InChI is InChI=1S/C21H22N4O4/c1-26-14-6-7-15(19(10-14)28-3)17-11-16(24-21-22-12-23-25(17)21)13-5-8-18(27-2)20(9-13)29-4/h5-12,17H,1-4H3,(H,22,23,24)/t17-/m0/s1. The Labute approximate surface area is 168 Å². The van der Waals surface area contributed by atoms with Crippen molar-refractivity contribution in [1.82, 2.24) is 14.8 Å². The number of rotatable bonds is 6. The van der Waals surface area contributed by atoms with Crippen molar-refractivity contribution in [2.75, 3.05) is 33.8 Å². The molecule has 0 fully saturated rings. The molecule has 1 aliphatic heterocycles. The highest BCUT2D eigenvalue weighted by Gasteiger charge is 2.26. The van der Waals surface area contributed by atoms with Crippen LogP contribution >= 0.6 is 0 Å². The van der Waals surface area contributed by atoms with Crippen molar-refractivity contribution < 1.29 is 18.9 Å². The zero-order valence-electron chi connectivity index (χ0n) is 16.7. The molecule has 8 heteroatoms. The Hall–Kier alpha value is -3.68. The first-order valence-electron chi connectivity index (χ1n) is 9.01. The van der Waals surface area contributed by atoms with Gasteiger partial charge in [0.1, 0.15) is 23.9 Å². The monoisotopic (exact) mass is 394 g/mol. The third-order valence-corrected chi connectivity index (χ3v) is 4.86. The minimum Gasteiger partial charge on any atom is -0.497 e. The normalized spacial score (nSPS) is 15.0. The maximum absolute atomic E-state index is 5.61. The Balaban J connectivity index is 1.81. The summed E-state index contributed by atoms with van der Waals surface area (Å²) in [5, 5.41) is 7.72. The van der Waals surface area contributed by atoms with Gasteiger partial charge in [0, 0.05) is 22.9 Å². The summed E-state index contributed by atoms with van der Waals surface area (Å²) in [4.78, 5) is 4.35. The molecule has 0 amide bonds. The van der Waals surface area contributed by atoms with E-state index in [0.717, 1.165) is 22.6 Å². The predicted molar refractivity (Wildman–Crippen MR) is 109 cm³/mol. The van der Waals surface area contributed by atoms with E-state index in [0.29, 0.717) is 23.2 Å². The van der Waals surface area contributed by atoms with Gasteiger partial charge in [-0.2, -0.15) is 10.1 Å². The average Bonchev–Trinajstić information content (AvgIpc) is 3.26. The molecule has 0 saturated carbocycles. The highest BCUT2D eigenvalue weighted by Crippen LogP contribution is 2.39. The van der Waals surface area contributed by atoms with Crippen molar-refractivity contribution in [3.8, 4) is 23.0 Å². The number of hydrogen-bond donors (Lipinski definition) is 1. The zero-order valence-corrected chi connectivity index (χ0v) is 16.7. The van der Waals surface area contributed by atoms with E-state index in [4.69, 9.17) is 18.9 Å². The molecule has 150 valence electrons. The van der Waals surface area contributed by atoms with Gasteiger partial charge in [-0.1, -0.05) is 0 Å². The quantitative estimate of drug-likeness (QED) is 0.687. The lowest BCUT2D eigenvalue weighted by molar-refractivity contribution is 0.355. The van der Waals surface area contributed by atoms with Gasteiger partial charge in [-0.3, -0.25) is 0 Å². The summed E-state index contributed by atoms with van der Waals surface area (Å²) in [7, 11) is 6.50. The van der Waals surface area contributed by atoms with Gasteiger partial charge in [0.25, 0.3) is 0 Å². The van der Waals surface area contributed by atoms with E-state index >= 15 is 0 Å². The summed E-state index contributed by atoms with van der Waals surface area (Å²) in [6.45, 7) is 0. The molecule has 8 nitrogen and oxygen atoms in total. The number of nitrogens with one attached hydrogen (secondary N) is 1. The molecule has 4 rings (SSSR count). The van der Waals surface area contributed by atoms with Crippen LogP contribution < -0.4 is 24.3 Å². The van der Waals surface area contributed by atoms with E-state index in [1.54, 1.807) is 28.4 Å². The Morgan fingerprint density at radius 1 is 0.862 bits per heavy atom. The first-order chi connectivity index (χ1) is 14.2. The number of hydrogen-bond acceptors (Lipinski definition) is 7. The second-order valence-corrected chi connectivity index (χ2v) is 6.36. The molecule has 1 atom stereocenters. The van der Waals surface area contributed by atoms with Crippen LogP contribution in [0.1, 0.15) is 17.2 Å². The van der Waals surface area contributed by atoms with Crippen molar-refractivity contribution in [3.63, 3.8) is 0 Å². The van der Waals surface area contributed by atoms with Gasteiger partial charge in [-0.15, -0.1) is 0 Å². The summed E-state index contributed by atoms with van der Waals surface area (Å²) in [6, 6.07) is 11.3.